The van der Waals surface area contributed by atoms with Crippen molar-refractivity contribution in [2.75, 3.05) is 13.1 Å². The summed E-state index contributed by atoms with van der Waals surface area (Å²) in [5.74, 6) is 0.828. The standard InChI is InChI=1S/C27H32N4O5S/c1-18(2)30-27(33)31-37(34,35)24-10-6-19(7-11-24)20-8-12-26-21(14-20)5-9-23(36-26)16-29-17-25(32)22-4-3-13-28-15-22/h3-4,6-8,10-15,18,23,25,29,32H,5,9,16-17H2,1-2H3,(H2,30,31,33). The number of carbonyl (C=O) groups excluding carboxylic acids is 1. The summed E-state index contributed by atoms with van der Waals surface area (Å²) in [4.78, 5) is 15.9. The molecule has 2 atom stereocenters. The molecule has 0 aliphatic carbocycles. The number of fused-ring (bicyclic) bond motifs is 1. The Morgan fingerprint density at radius 3 is 2.59 bits per heavy atom. The molecular weight excluding hydrogens is 492 g/mol. The third-order valence-electron chi connectivity index (χ3n) is 6.01. The second kappa shape index (κ2) is 11.7. The molecule has 0 saturated heterocycles. The number of hydrogen-bond acceptors (Lipinski definition) is 7. The highest BCUT2D eigenvalue weighted by molar-refractivity contribution is 7.90. The Morgan fingerprint density at radius 2 is 1.89 bits per heavy atom. The lowest BCUT2D eigenvalue weighted by Crippen LogP contribution is -2.42. The van der Waals surface area contributed by atoms with Crippen LogP contribution in [0.4, 0.5) is 4.79 Å². The van der Waals surface area contributed by atoms with Crippen molar-refractivity contribution in [2.24, 2.45) is 0 Å². The van der Waals surface area contributed by atoms with Gasteiger partial charge in [0.25, 0.3) is 10.0 Å². The van der Waals surface area contributed by atoms with Crippen LogP contribution in [0.15, 0.2) is 71.9 Å². The van der Waals surface area contributed by atoms with Crippen LogP contribution in [0, 0.1) is 0 Å². The molecule has 0 radical (unpaired) electrons. The van der Waals surface area contributed by atoms with Gasteiger partial charge in [-0.3, -0.25) is 4.98 Å². The molecule has 1 aliphatic rings. The van der Waals surface area contributed by atoms with Gasteiger partial charge in [0, 0.05) is 37.1 Å². The number of hydrogen-bond donors (Lipinski definition) is 4. The van der Waals surface area contributed by atoms with Crippen LogP contribution in [-0.2, 0) is 16.4 Å². The number of aryl methyl sites for hydroxylation is 1. The molecule has 4 rings (SSSR count). The number of aliphatic hydroxyl groups is 1. The molecule has 2 aromatic carbocycles. The zero-order valence-corrected chi connectivity index (χ0v) is 21.7. The lowest BCUT2D eigenvalue weighted by molar-refractivity contribution is 0.146. The summed E-state index contributed by atoms with van der Waals surface area (Å²) >= 11 is 0. The number of sulfonamides is 1. The van der Waals surface area contributed by atoms with E-state index < -0.39 is 22.2 Å². The third-order valence-corrected chi connectivity index (χ3v) is 7.36. The Kier molecular flexibility index (Phi) is 8.42. The van der Waals surface area contributed by atoms with Crippen molar-refractivity contribution < 1.29 is 23.1 Å². The quantitative estimate of drug-likeness (QED) is 0.338. The van der Waals surface area contributed by atoms with Crippen LogP contribution in [0.2, 0.25) is 0 Å². The van der Waals surface area contributed by atoms with Gasteiger partial charge in [0.2, 0.25) is 0 Å². The number of aromatic nitrogens is 1. The summed E-state index contributed by atoms with van der Waals surface area (Å²) in [6.07, 6.45) is 4.41. The number of amides is 2. The molecule has 2 heterocycles. The predicted octanol–water partition coefficient (Wildman–Crippen LogP) is 3.16. The molecule has 37 heavy (non-hydrogen) atoms. The minimum atomic E-state index is -3.96. The summed E-state index contributed by atoms with van der Waals surface area (Å²) in [7, 11) is -3.96. The minimum absolute atomic E-state index is 0.00401. The van der Waals surface area contributed by atoms with E-state index in [1.54, 1.807) is 44.4 Å². The zero-order chi connectivity index (χ0) is 26.4. The van der Waals surface area contributed by atoms with Gasteiger partial charge in [0.05, 0.1) is 11.0 Å². The molecule has 9 nitrogen and oxygen atoms in total. The van der Waals surface area contributed by atoms with E-state index in [1.165, 1.54) is 12.1 Å². The number of urea groups is 1. The van der Waals surface area contributed by atoms with E-state index in [-0.39, 0.29) is 17.0 Å². The SMILES string of the molecule is CC(C)NC(=O)NS(=O)(=O)c1ccc(-c2ccc3c(c2)CCC(CNCC(O)c2cccnc2)O3)cc1. The van der Waals surface area contributed by atoms with Gasteiger partial charge in [-0.15, -0.1) is 0 Å². The van der Waals surface area contributed by atoms with E-state index >= 15 is 0 Å². The Labute approximate surface area is 217 Å². The Morgan fingerprint density at radius 1 is 1.14 bits per heavy atom. The van der Waals surface area contributed by atoms with Crippen molar-refractivity contribution >= 4 is 16.1 Å². The number of rotatable bonds is 9. The van der Waals surface area contributed by atoms with Crippen molar-refractivity contribution in [3.63, 3.8) is 0 Å². The molecular formula is C27H32N4O5S. The highest BCUT2D eigenvalue weighted by atomic mass is 32.2. The van der Waals surface area contributed by atoms with Gasteiger partial charge in [0.15, 0.2) is 0 Å². The fraction of sp³-hybridized carbons (Fsp3) is 0.333. The number of nitrogens with zero attached hydrogens (tertiary/aromatic N) is 1. The lowest BCUT2D eigenvalue weighted by atomic mass is 9.97. The molecule has 0 spiro atoms. The molecule has 10 heteroatoms. The van der Waals surface area contributed by atoms with E-state index in [9.17, 15) is 18.3 Å². The molecule has 0 fully saturated rings. The molecule has 0 saturated carbocycles. The first kappa shape index (κ1) is 26.6. The predicted molar refractivity (Wildman–Crippen MR) is 141 cm³/mol. The van der Waals surface area contributed by atoms with Crippen molar-refractivity contribution in [3.05, 3.63) is 78.1 Å². The fourth-order valence-electron chi connectivity index (χ4n) is 4.14. The van der Waals surface area contributed by atoms with E-state index in [2.05, 4.69) is 21.7 Å². The first-order valence-corrected chi connectivity index (χ1v) is 13.7. The van der Waals surface area contributed by atoms with Gasteiger partial charge in [-0.05, 0) is 73.7 Å². The summed E-state index contributed by atoms with van der Waals surface area (Å²) in [6.45, 7) is 4.54. The maximum absolute atomic E-state index is 12.5. The normalized spacial score (nSPS) is 15.9. The van der Waals surface area contributed by atoms with Crippen LogP contribution in [0.5, 0.6) is 5.75 Å². The average Bonchev–Trinajstić information content (AvgIpc) is 2.88. The largest absolute Gasteiger partial charge is 0.489 e. The molecule has 196 valence electrons. The van der Waals surface area contributed by atoms with Crippen LogP contribution in [0.25, 0.3) is 11.1 Å². The Bertz CT molecular complexity index is 1310. The van der Waals surface area contributed by atoms with Crippen molar-refractivity contribution in [1.82, 2.24) is 20.3 Å². The smallest absolute Gasteiger partial charge is 0.328 e. The zero-order valence-electron chi connectivity index (χ0n) is 20.8. The second-order valence-corrected chi connectivity index (χ2v) is 11.0. The summed E-state index contributed by atoms with van der Waals surface area (Å²) in [5, 5.41) is 16.1. The third kappa shape index (κ3) is 7.06. The average molecular weight is 525 g/mol. The van der Waals surface area contributed by atoms with Gasteiger partial charge in [-0.2, -0.15) is 0 Å². The van der Waals surface area contributed by atoms with Crippen LogP contribution in [-0.4, -0.2) is 49.8 Å². The maximum atomic E-state index is 12.5. The van der Waals surface area contributed by atoms with E-state index in [4.69, 9.17) is 4.74 Å². The monoisotopic (exact) mass is 524 g/mol. The molecule has 1 aromatic heterocycles. The number of benzene rings is 2. The molecule has 4 N–H and O–H groups in total. The fourth-order valence-corrected chi connectivity index (χ4v) is 5.05. The number of aliphatic hydroxyl groups excluding tert-OH is 1. The van der Waals surface area contributed by atoms with Gasteiger partial charge >= 0.3 is 6.03 Å². The molecule has 3 aromatic rings. The highest BCUT2D eigenvalue weighted by Crippen LogP contribution is 2.32. The number of carbonyl (C=O) groups is 1. The van der Waals surface area contributed by atoms with Gasteiger partial charge in [-0.1, -0.05) is 24.3 Å². The maximum Gasteiger partial charge on any atom is 0.328 e. The first-order chi connectivity index (χ1) is 17.7. The van der Waals surface area contributed by atoms with Gasteiger partial charge in [-0.25, -0.2) is 17.9 Å². The van der Waals surface area contributed by atoms with Crippen LogP contribution < -0.4 is 20.1 Å². The number of nitrogens with one attached hydrogen (secondary N) is 3. The lowest BCUT2D eigenvalue weighted by Gasteiger charge is -2.27. The highest BCUT2D eigenvalue weighted by Gasteiger charge is 2.21. The van der Waals surface area contributed by atoms with Gasteiger partial charge < -0.3 is 20.5 Å². The Hall–Kier alpha value is -3.47. The molecule has 2 unspecified atom stereocenters. The molecule has 1 aliphatic heterocycles. The number of ether oxygens (including phenoxy) is 1. The van der Waals surface area contributed by atoms with Crippen LogP contribution in [0.1, 0.15) is 37.5 Å². The van der Waals surface area contributed by atoms with Crippen LogP contribution >= 0.6 is 0 Å². The first-order valence-electron chi connectivity index (χ1n) is 12.2. The van der Waals surface area contributed by atoms with Crippen molar-refractivity contribution in [2.45, 2.75) is 49.8 Å². The summed E-state index contributed by atoms with van der Waals surface area (Å²) in [5.41, 5.74) is 3.68. The van der Waals surface area contributed by atoms with E-state index in [1.807, 2.05) is 22.9 Å². The summed E-state index contributed by atoms with van der Waals surface area (Å²) in [6, 6.07) is 15.1. The van der Waals surface area contributed by atoms with Crippen molar-refractivity contribution in [3.8, 4) is 16.9 Å². The molecule has 0 bridgehead atoms. The number of pyridine rings is 1. The summed E-state index contributed by atoms with van der Waals surface area (Å²) < 4.78 is 33.1. The minimum Gasteiger partial charge on any atom is -0.489 e. The topological polar surface area (TPSA) is 130 Å². The van der Waals surface area contributed by atoms with E-state index in [0.29, 0.717) is 13.1 Å². The second-order valence-electron chi connectivity index (χ2n) is 9.32. The Balaban J connectivity index is 1.34. The van der Waals surface area contributed by atoms with Gasteiger partial charge in [0.1, 0.15) is 11.9 Å². The van der Waals surface area contributed by atoms with Crippen molar-refractivity contribution in [1.29, 1.82) is 0 Å². The van der Waals surface area contributed by atoms with E-state index in [0.717, 1.165) is 40.8 Å². The molecule has 2 amide bonds. The van der Waals surface area contributed by atoms with Crippen LogP contribution in [0.3, 0.4) is 0 Å².